The van der Waals surface area contributed by atoms with Gasteiger partial charge in [0.15, 0.2) is 0 Å². The van der Waals surface area contributed by atoms with Crippen LogP contribution < -0.4 is 5.32 Å². The van der Waals surface area contributed by atoms with Crippen LogP contribution in [0.1, 0.15) is 61.8 Å². The number of esters is 1. The Labute approximate surface area is 163 Å². The average Bonchev–Trinajstić information content (AvgIpc) is 2.93. The van der Waals surface area contributed by atoms with Crippen LogP contribution in [0.15, 0.2) is 0 Å². The van der Waals surface area contributed by atoms with Crippen LogP contribution in [0.4, 0.5) is 4.79 Å². The summed E-state index contributed by atoms with van der Waals surface area (Å²) in [5.74, 6) is -0.432. The third-order valence-electron chi connectivity index (χ3n) is 4.80. The summed E-state index contributed by atoms with van der Waals surface area (Å²) < 4.78 is 10.3. The number of hydrogen-bond donors (Lipinski definition) is 1. The van der Waals surface area contributed by atoms with Gasteiger partial charge in [-0.15, -0.1) is 0 Å². The van der Waals surface area contributed by atoms with Gasteiger partial charge < -0.3 is 19.7 Å². The lowest BCUT2D eigenvalue weighted by Crippen LogP contribution is -2.58. The molecule has 0 radical (unpaired) electrons. The molecule has 27 heavy (non-hydrogen) atoms. The molecule has 1 heterocycles. The maximum absolute atomic E-state index is 13.3. The first-order chi connectivity index (χ1) is 12.2. The molecule has 0 saturated carbocycles. The van der Waals surface area contributed by atoms with Crippen molar-refractivity contribution in [3.8, 4) is 0 Å². The number of carbonyl (C=O) groups excluding carboxylic acids is 3. The highest BCUT2D eigenvalue weighted by molar-refractivity contribution is 5.91. The van der Waals surface area contributed by atoms with Crippen LogP contribution in [0.3, 0.4) is 0 Å². The predicted octanol–water partition coefficient (Wildman–Crippen LogP) is 2.97. The van der Waals surface area contributed by atoms with Crippen molar-refractivity contribution in [2.45, 2.75) is 79.5 Å². The zero-order valence-electron chi connectivity index (χ0n) is 18.2. The zero-order chi connectivity index (χ0) is 21.2. The molecule has 7 heteroatoms. The highest BCUT2D eigenvalue weighted by Gasteiger charge is 2.47. The van der Waals surface area contributed by atoms with E-state index in [1.807, 2.05) is 34.6 Å². The Morgan fingerprint density at radius 3 is 2.04 bits per heavy atom. The number of alkyl carbamates (subject to hydrolysis) is 1. The molecular formula is C20H36N2O5. The van der Waals surface area contributed by atoms with Gasteiger partial charge in [0.1, 0.15) is 17.7 Å². The summed E-state index contributed by atoms with van der Waals surface area (Å²) in [6.07, 6.45) is 0.0805. The molecule has 0 bridgehead atoms. The largest absolute Gasteiger partial charge is 0.467 e. The summed E-state index contributed by atoms with van der Waals surface area (Å²) in [7, 11) is 1.33. The lowest BCUT2D eigenvalue weighted by atomic mass is 9.85. The van der Waals surface area contributed by atoms with Crippen LogP contribution >= 0.6 is 0 Å². The Bertz CT molecular complexity index is 560. The molecule has 0 spiro atoms. The average molecular weight is 385 g/mol. The molecule has 1 N–H and O–H groups in total. The van der Waals surface area contributed by atoms with Crippen molar-refractivity contribution in [2.24, 2.45) is 17.3 Å². The molecule has 2 amide bonds. The van der Waals surface area contributed by atoms with E-state index in [4.69, 9.17) is 9.47 Å². The second kappa shape index (κ2) is 8.48. The monoisotopic (exact) mass is 384 g/mol. The number of nitrogens with one attached hydrogen (secondary N) is 1. The summed E-state index contributed by atoms with van der Waals surface area (Å²) in [5.41, 5.74) is -1.22. The van der Waals surface area contributed by atoms with Gasteiger partial charge >= 0.3 is 12.1 Å². The quantitative estimate of drug-likeness (QED) is 0.753. The van der Waals surface area contributed by atoms with Gasteiger partial charge in [-0.2, -0.15) is 0 Å². The van der Waals surface area contributed by atoms with Crippen molar-refractivity contribution in [3.63, 3.8) is 0 Å². The van der Waals surface area contributed by atoms with Crippen molar-refractivity contribution in [1.29, 1.82) is 0 Å². The van der Waals surface area contributed by atoms with Crippen LogP contribution in [0.25, 0.3) is 0 Å². The molecule has 1 fully saturated rings. The number of methoxy groups -OCH3 is 1. The third kappa shape index (κ3) is 6.11. The van der Waals surface area contributed by atoms with Gasteiger partial charge in [0.05, 0.1) is 7.11 Å². The maximum atomic E-state index is 13.3. The number of rotatable bonds is 4. The summed E-state index contributed by atoms with van der Waals surface area (Å²) in [6.45, 7) is 15.4. The summed E-state index contributed by atoms with van der Waals surface area (Å²) >= 11 is 0. The van der Waals surface area contributed by atoms with E-state index in [1.54, 1.807) is 25.7 Å². The molecule has 1 rings (SSSR count). The van der Waals surface area contributed by atoms with Crippen LogP contribution in [0.2, 0.25) is 0 Å². The van der Waals surface area contributed by atoms with E-state index in [1.165, 1.54) is 7.11 Å². The second-order valence-electron chi connectivity index (χ2n) is 9.64. The normalized spacial score (nSPS) is 21.8. The second-order valence-corrected chi connectivity index (χ2v) is 9.64. The van der Waals surface area contributed by atoms with E-state index < -0.39 is 35.2 Å². The predicted molar refractivity (Wildman–Crippen MR) is 103 cm³/mol. The van der Waals surface area contributed by atoms with Crippen molar-refractivity contribution in [2.75, 3.05) is 13.7 Å². The Morgan fingerprint density at radius 2 is 1.63 bits per heavy atom. The molecule has 1 saturated heterocycles. The van der Waals surface area contributed by atoms with Crippen molar-refractivity contribution in [1.82, 2.24) is 10.2 Å². The van der Waals surface area contributed by atoms with Gasteiger partial charge in [0.25, 0.3) is 0 Å². The number of likely N-dealkylation sites (tertiary alicyclic amines) is 1. The molecule has 1 aliphatic heterocycles. The fraction of sp³-hybridized carbons (Fsp3) is 0.850. The minimum atomic E-state index is -0.814. The number of carbonyl (C=O) groups is 3. The van der Waals surface area contributed by atoms with Crippen LogP contribution in [-0.4, -0.2) is 54.2 Å². The van der Waals surface area contributed by atoms with Gasteiger partial charge in [0, 0.05) is 6.54 Å². The highest BCUT2D eigenvalue weighted by Crippen LogP contribution is 2.33. The van der Waals surface area contributed by atoms with Crippen molar-refractivity contribution >= 4 is 18.0 Å². The summed E-state index contributed by atoms with van der Waals surface area (Å²) in [6, 6.07) is -1.45. The van der Waals surface area contributed by atoms with E-state index in [0.29, 0.717) is 6.54 Å². The van der Waals surface area contributed by atoms with Gasteiger partial charge in [-0.3, -0.25) is 4.79 Å². The zero-order valence-corrected chi connectivity index (χ0v) is 18.2. The SMILES string of the molecule is COC(=O)C1C(C(C)C)CCN1C(=O)[C@@H](NC(=O)OC(C)(C)C)C(C)(C)C. The van der Waals surface area contributed by atoms with Gasteiger partial charge in [-0.05, 0) is 44.4 Å². The first-order valence-corrected chi connectivity index (χ1v) is 9.57. The molecule has 3 atom stereocenters. The summed E-state index contributed by atoms with van der Waals surface area (Å²) in [5, 5.41) is 2.71. The van der Waals surface area contributed by atoms with E-state index in [0.717, 1.165) is 6.42 Å². The van der Waals surface area contributed by atoms with E-state index in [2.05, 4.69) is 5.32 Å². The molecule has 7 nitrogen and oxygen atoms in total. The molecule has 0 aromatic carbocycles. The number of amides is 2. The third-order valence-corrected chi connectivity index (χ3v) is 4.80. The number of ether oxygens (including phenoxy) is 2. The number of nitrogens with zero attached hydrogens (tertiary/aromatic N) is 1. The fourth-order valence-electron chi connectivity index (χ4n) is 3.42. The lowest BCUT2D eigenvalue weighted by molar-refractivity contribution is -0.154. The van der Waals surface area contributed by atoms with Gasteiger partial charge in [0.2, 0.25) is 5.91 Å². The molecule has 2 unspecified atom stereocenters. The lowest BCUT2D eigenvalue weighted by Gasteiger charge is -2.36. The molecule has 0 aromatic rings. The van der Waals surface area contributed by atoms with E-state index >= 15 is 0 Å². The Morgan fingerprint density at radius 1 is 1.07 bits per heavy atom. The van der Waals surface area contributed by atoms with E-state index in [-0.39, 0.29) is 17.7 Å². The first kappa shape index (κ1) is 23.2. The maximum Gasteiger partial charge on any atom is 0.408 e. The Hall–Kier alpha value is -1.79. The first-order valence-electron chi connectivity index (χ1n) is 9.57. The van der Waals surface area contributed by atoms with Crippen LogP contribution in [0, 0.1) is 17.3 Å². The molecule has 1 aliphatic rings. The van der Waals surface area contributed by atoms with Crippen LogP contribution in [-0.2, 0) is 19.1 Å². The highest BCUT2D eigenvalue weighted by atomic mass is 16.6. The molecule has 156 valence electrons. The number of hydrogen-bond acceptors (Lipinski definition) is 5. The minimum absolute atomic E-state index is 0.0311. The Balaban J connectivity index is 3.10. The van der Waals surface area contributed by atoms with Gasteiger partial charge in [-0.25, -0.2) is 9.59 Å². The standard InChI is InChI=1S/C20H36N2O5/c1-12(2)13-10-11-22(14(13)17(24)26-9)16(23)15(19(3,4)5)21-18(25)27-20(6,7)8/h12-15H,10-11H2,1-9H3,(H,21,25)/t13?,14?,15-/m1/s1. The fourth-order valence-corrected chi connectivity index (χ4v) is 3.42. The smallest absolute Gasteiger partial charge is 0.408 e. The van der Waals surface area contributed by atoms with Gasteiger partial charge in [-0.1, -0.05) is 34.6 Å². The molecular weight excluding hydrogens is 348 g/mol. The Kier molecular flexibility index (Phi) is 7.30. The van der Waals surface area contributed by atoms with E-state index in [9.17, 15) is 14.4 Å². The summed E-state index contributed by atoms with van der Waals surface area (Å²) in [4.78, 5) is 39.6. The van der Waals surface area contributed by atoms with Crippen molar-refractivity contribution in [3.05, 3.63) is 0 Å². The molecule has 0 aliphatic carbocycles. The topological polar surface area (TPSA) is 84.9 Å². The van der Waals surface area contributed by atoms with Crippen molar-refractivity contribution < 1.29 is 23.9 Å². The van der Waals surface area contributed by atoms with Crippen LogP contribution in [0.5, 0.6) is 0 Å². The minimum Gasteiger partial charge on any atom is -0.467 e. The molecule has 0 aromatic heterocycles.